The number of ether oxygens (including phenoxy) is 1. The number of aryl methyl sites for hydroxylation is 1. The molecule has 36 heavy (non-hydrogen) atoms. The third-order valence-corrected chi connectivity index (χ3v) is 6.77. The molecule has 1 aliphatic rings. The molecule has 7 heteroatoms. The highest BCUT2D eigenvalue weighted by molar-refractivity contribution is 6.02. The standard InChI is InChI=1S/C29H29N5O2/c1-21-7-5-10-23(17-21)34-19-24(22-8-3-2-4-9-22)27-28(31-20-32-29(27)34)30-18-25(26-11-6-14-36-26)33-12-15-35-16-13-33/h2-11,14,17,19-20,25H,12-13,15-16,18H2,1H3,(H,30,31,32)/t25-/m1/s1. The van der Waals surface area contributed by atoms with Crippen molar-refractivity contribution in [2.45, 2.75) is 13.0 Å². The lowest BCUT2D eigenvalue weighted by atomic mass is 10.1. The summed E-state index contributed by atoms with van der Waals surface area (Å²) in [6.07, 6.45) is 5.55. The molecular formula is C29H29N5O2. The highest BCUT2D eigenvalue weighted by Crippen LogP contribution is 2.36. The topological polar surface area (TPSA) is 68.4 Å². The molecule has 4 heterocycles. The number of anilines is 1. The average molecular weight is 480 g/mol. The summed E-state index contributed by atoms with van der Waals surface area (Å²) < 4.78 is 13.6. The number of morpholine rings is 1. The van der Waals surface area contributed by atoms with E-state index in [2.05, 4.69) is 76.4 Å². The van der Waals surface area contributed by atoms with Crippen molar-refractivity contribution in [2.24, 2.45) is 0 Å². The van der Waals surface area contributed by atoms with Crippen molar-refractivity contribution < 1.29 is 9.15 Å². The average Bonchev–Trinajstić information content (AvgIpc) is 3.59. The van der Waals surface area contributed by atoms with Crippen LogP contribution in [0.2, 0.25) is 0 Å². The van der Waals surface area contributed by atoms with E-state index < -0.39 is 0 Å². The number of benzene rings is 2. The zero-order valence-corrected chi connectivity index (χ0v) is 20.3. The van der Waals surface area contributed by atoms with Crippen molar-refractivity contribution in [1.82, 2.24) is 19.4 Å². The Morgan fingerprint density at radius 1 is 0.972 bits per heavy atom. The summed E-state index contributed by atoms with van der Waals surface area (Å²) in [5, 5.41) is 4.66. The van der Waals surface area contributed by atoms with E-state index in [9.17, 15) is 0 Å². The quantitative estimate of drug-likeness (QED) is 0.334. The minimum absolute atomic E-state index is 0.0768. The molecule has 0 saturated carbocycles. The zero-order chi connectivity index (χ0) is 24.3. The molecule has 1 fully saturated rings. The van der Waals surface area contributed by atoms with Crippen LogP contribution in [0.15, 0.2) is 89.9 Å². The first-order valence-corrected chi connectivity index (χ1v) is 12.4. The third kappa shape index (κ3) is 4.39. The van der Waals surface area contributed by atoms with Crippen molar-refractivity contribution >= 4 is 16.9 Å². The molecule has 1 saturated heterocycles. The van der Waals surface area contributed by atoms with E-state index in [-0.39, 0.29) is 6.04 Å². The van der Waals surface area contributed by atoms with Gasteiger partial charge in [0.05, 0.1) is 30.9 Å². The Bertz CT molecular complexity index is 1440. The van der Waals surface area contributed by atoms with Gasteiger partial charge in [0.1, 0.15) is 17.9 Å². The molecule has 1 N–H and O–H groups in total. The Hall–Kier alpha value is -3.94. The Morgan fingerprint density at radius 3 is 2.61 bits per heavy atom. The molecule has 3 aromatic heterocycles. The van der Waals surface area contributed by atoms with E-state index in [0.717, 1.165) is 65.7 Å². The number of aromatic nitrogens is 3. The Kier molecular flexibility index (Phi) is 6.24. The van der Waals surface area contributed by atoms with Crippen molar-refractivity contribution in [2.75, 3.05) is 38.2 Å². The van der Waals surface area contributed by atoms with E-state index in [4.69, 9.17) is 19.1 Å². The predicted octanol–water partition coefficient (Wildman–Crippen LogP) is 5.47. The van der Waals surface area contributed by atoms with Crippen LogP contribution in [0.4, 0.5) is 5.82 Å². The molecule has 0 unspecified atom stereocenters. The summed E-state index contributed by atoms with van der Waals surface area (Å²) in [4.78, 5) is 11.8. The molecular weight excluding hydrogens is 450 g/mol. The maximum Gasteiger partial charge on any atom is 0.150 e. The predicted molar refractivity (Wildman–Crippen MR) is 141 cm³/mol. The lowest BCUT2D eigenvalue weighted by molar-refractivity contribution is 0.0144. The molecule has 1 atom stereocenters. The summed E-state index contributed by atoms with van der Waals surface area (Å²) in [5.74, 6) is 1.75. The molecule has 182 valence electrons. The summed E-state index contributed by atoms with van der Waals surface area (Å²) in [6, 6.07) is 23.0. The molecule has 0 spiro atoms. The molecule has 0 amide bonds. The Balaban J connectivity index is 1.42. The number of fused-ring (bicyclic) bond motifs is 1. The molecule has 0 bridgehead atoms. The summed E-state index contributed by atoms with van der Waals surface area (Å²) in [5.41, 5.74) is 5.37. The van der Waals surface area contributed by atoms with Gasteiger partial charge in [-0.1, -0.05) is 42.5 Å². The maximum atomic E-state index is 5.83. The second-order valence-corrected chi connectivity index (χ2v) is 9.10. The fourth-order valence-electron chi connectivity index (χ4n) is 4.98. The smallest absolute Gasteiger partial charge is 0.150 e. The number of rotatable bonds is 7. The molecule has 7 nitrogen and oxygen atoms in total. The number of nitrogens with zero attached hydrogens (tertiary/aromatic N) is 4. The first-order valence-electron chi connectivity index (χ1n) is 12.4. The number of nitrogens with one attached hydrogen (secondary N) is 1. The molecule has 2 aromatic carbocycles. The van der Waals surface area contributed by atoms with Crippen LogP contribution in [0.3, 0.4) is 0 Å². The van der Waals surface area contributed by atoms with Gasteiger partial charge < -0.3 is 19.0 Å². The van der Waals surface area contributed by atoms with Gasteiger partial charge in [-0.25, -0.2) is 9.97 Å². The van der Waals surface area contributed by atoms with Crippen molar-refractivity contribution in [3.63, 3.8) is 0 Å². The van der Waals surface area contributed by atoms with Crippen LogP contribution in [0, 0.1) is 6.92 Å². The Labute approximate surface area is 210 Å². The van der Waals surface area contributed by atoms with Crippen LogP contribution in [0.5, 0.6) is 0 Å². The van der Waals surface area contributed by atoms with Crippen molar-refractivity contribution in [1.29, 1.82) is 0 Å². The summed E-state index contributed by atoms with van der Waals surface area (Å²) >= 11 is 0. The van der Waals surface area contributed by atoms with Gasteiger partial charge in [0.25, 0.3) is 0 Å². The van der Waals surface area contributed by atoms with Crippen LogP contribution >= 0.6 is 0 Å². The van der Waals surface area contributed by atoms with E-state index in [1.54, 1.807) is 12.6 Å². The molecule has 1 aliphatic heterocycles. The van der Waals surface area contributed by atoms with Crippen molar-refractivity contribution in [3.05, 3.63) is 96.8 Å². The van der Waals surface area contributed by atoms with Gasteiger partial charge in [0.15, 0.2) is 5.65 Å². The second-order valence-electron chi connectivity index (χ2n) is 9.10. The van der Waals surface area contributed by atoms with Crippen molar-refractivity contribution in [3.8, 4) is 16.8 Å². The monoisotopic (exact) mass is 479 g/mol. The highest BCUT2D eigenvalue weighted by atomic mass is 16.5. The second kappa shape index (κ2) is 9.97. The van der Waals surface area contributed by atoms with E-state index in [0.29, 0.717) is 6.54 Å². The zero-order valence-electron chi connectivity index (χ0n) is 20.3. The number of hydrogen-bond donors (Lipinski definition) is 1. The third-order valence-electron chi connectivity index (χ3n) is 6.77. The summed E-state index contributed by atoms with van der Waals surface area (Å²) in [7, 11) is 0. The van der Waals surface area contributed by atoms with Crippen LogP contribution in [0.1, 0.15) is 17.4 Å². The van der Waals surface area contributed by atoms with E-state index in [1.165, 1.54) is 5.56 Å². The molecule has 0 aliphatic carbocycles. The van der Waals surface area contributed by atoms with Gasteiger partial charge >= 0.3 is 0 Å². The van der Waals surface area contributed by atoms with Gasteiger partial charge in [-0.2, -0.15) is 0 Å². The highest BCUT2D eigenvalue weighted by Gasteiger charge is 2.26. The summed E-state index contributed by atoms with van der Waals surface area (Å²) in [6.45, 7) is 5.95. The largest absolute Gasteiger partial charge is 0.468 e. The fraction of sp³-hybridized carbons (Fsp3) is 0.241. The Morgan fingerprint density at radius 2 is 1.83 bits per heavy atom. The fourth-order valence-corrected chi connectivity index (χ4v) is 4.98. The molecule has 5 aromatic rings. The molecule has 6 rings (SSSR count). The lowest BCUT2D eigenvalue weighted by Crippen LogP contribution is -2.41. The van der Waals surface area contributed by atoms with E-state index >= 15 is 0 Å². The lowest BCUT2D eigenvalue weighted by Gasteiger charge is -2.33. The first-order chi connectivity index (χ1) is 17.8. The van der Waals surface area contributed by atoms with Gasteiger partial charge in [0.2, 0.25) is 0 Å². The maximum absolute atomic E-state index is 5.83. The van der Waals surface area contributed by atoms with Crippen LogP contribution < -0.4 is 5.32 Å². The number of hydrogen-bond acceptors (Lipinski definition) is 6. The SMILES string of the molecule is Cc1cccc(-n2cc(-c3ccccc3)c3c(NC[C@H](c4ccco4)N4CCOCC4)ncnc32)c1. The van der Waals surface area contributed by atoms with Crippen LogP contribution in [-0.4, -0.2) is 52.3 Å². The van der Waals surface area contributed by atoms with Gasteiger partial charge in [0, 0.05) is 37.1 Å². The minimum atomic E-state index is 0.0768. The normalized spacial score (nSPS) is 15.2. The van der Waals surface area contributed by atoms with Crippen LogP contribution in [-0.2, 0) is 4.74 Å². The van der Waals surface area contributed by atoms with Crippen LogP contribution in [0.25, 0.3) is 27.8 Å². The minimum Gasteiger partial charge on any atom is -0.468 e. The van der Waals surface area contributed by atoms with Gasteiger partial charge in [-0.15, -0.1) is 0 Å². The van der Waals surface area contributed by atoms with Gasteiger partial charge in [-0.3, -0.25) is 4.90 Å². The van der Waals surface area contributed by atoms with Gasteiger partial charge in [-0.05, 0) is 42.3 Å². The number of furan rings is 1. The first kappa shape index (κ1) is 22.5. The molecule has 0 radical (unpaired) electrons. The van der Waals surface area contributed by atoms with E-state index in [1.807, 2.05) is 18.2 Å².